The van der Waals surface area contributed by atoms with Crippen LogP contribution in [0.5, 0.6) is 0 Å². The number of thiophene rings is 1. The fourth-order valence-electron chi connectivity index (χ4n) is 2.49. The molecule has 0 N–H and O–H groups in total. The van der Waals surface area contributed by atoms with Crippen molar-refractivity contribution in [2.45, 2.75) is 12.8 Å². The van der Waals surface area contributed by atoms with Gasteiger partial charge in [-0.3, -0.25) is 9.78 Å². The number of fused-ring (bicyclic) bond motifs is 1. The van der Waals surface area contributed by atoms with E-state index < -0.39 is 0 Å². The van der Waals surface area contributed by atoms with Gasteiger partial charge in [-0.2, -0.15) is 0 Å². The second kappa shape index (κ2) is 4.53. The number of benzene rings is 1. The standard InChI is InChI=1S/C17H13NOS/c19-17(12-4-5-12)16-7-6-15(20-16)13-3-1-2-11-8-9-18-10-14(11)13/h1-3,6-10,12H,4-5H2. The van der Waals surface area contributed by atoms with Crippen LogP contribution in [0.4, 0.5) is 0 Å². The van der Waals surface area contributed by atoms with Gasteiger partial charge in [0.05, 0.1) is 4.88 Å². The summed E-state index contributed by atoms with van der Waals surface area (Å²) in [6.45, 7) is 0. The van der Waals surface area contributed by atoms with E-state index >= 15 is 0 Å². The number of ketones is 1. The van der Waals surface area contributed by atoms with Crippen molar-refractivity contribution in [2.24, 2.45) is 5.92 Å². The van der Waals surface area contributed by atoms with Crippen LogP contribution in [0.25, 0.3) is 21.2 Å². The van der Waals surface area contributed by atoms with Crippen molar-refractivity contribution < 1.29 is 4.79 Å². The maximum Gasteiger partial charge on any atom is 0.175 e. The summed E-state index contributed by atoms with van der Waals surface area (Å²) in [4.78, 5) is 18.4. The van der Waals surface area contributed by atoms with Crippen LogP contribution >= 0.6 is 11.3 Å². The molecule has 4 rings (SSSR count). The lowest BCUT2D eigenvalue weighted by molar-refractivity contribution is 0.0971. The molecule has 1 fully saturated rings. The molecule has 2 nitrogen and oxygen atoms in total. The highest BCUT2D eigenvalue weighted by Crippen LogP contribution is 2.38. The van der Waals surface area contributed by atoms with Crippen molar-refractivity contribution in [3.63, 3.8) is 0 Å². The first kappa shape index (κ1) is 11.8. The van der Waals surface area contributed by atoms with Gasteiger partial charge < -0.3 is 0 Å². The smallest absolute Gasteiger partial charge is 0.175 e. The number of nitrogens with zero attached hydrogens (tertiary/aromatic N) is 1. The lowest BCUT2D eigenvalue weighted by Gasteiger charge is -2.03. The van der Waals surface area contributed by atoms with Crippen LogP contribution in [-0.2, 0) is 0 Å². The summed E-state index contributed by atoms with van der Waals surface area (Å²) >= 11 is 1.60. The van der Waals surface area contributed by atoms with E-state index in [-0.39, 0.29) is 5.92 Å². The van der Waals surface area contributed by atoms with Gasteiger partial charge in [0.15, 0.2) is 5.78 Å². The van der Waals surface area contributed by atoms with E-state index in [1.54, 1.807) is 11.3 Å². The van der Waals surface area contributed by atoms with Crippen molar-refractivity contribution >= 4 is 27.9 Å². The van der Waals surface area contributed by atoms with Crippen molar-refractivity contribution in [3.05, 3.63) is 53.7 Å². The van der Waals surface area contributed by atoms with E-state index in [4.69, 9.17) is 0 Å². The summed E-state index contributed by atoms with van der Waals surface area (Å²) in [5, 5.41) is 2.32. The molecule has 0 aliphatic heterocycles. The Morgan fingerprint density at radius 2 is 2.05 bits per heavy atom. The van der Waals surface area contributed by atoms with E-state index in [0.29, 0.717) is 5.78 Å². The molecule has 2 aromatic heterocycles. The number of rotatable bonds is 3. The average Bonchev–Trinajstić information content (AvgIpc) is 3.23. The van der Waals surface area contributed by atoms with E-state index in [2.05, 4.69) is 29.2 Å². The Morgan fingerprint density at radius 3 is 2.90 bits per heavy atom. The number of pyridine rings is 1. The fraction of sp³-hybridized carbons (Fsp3) is 0.176. The van der Waals surface area contributed by atoms with Gasteiger partial charge in [0.25, 0.3) is 0 Å². The molecule has 98 valence electrons. The predicted octanol–water partition coefficient (Wildman–Crippen LogP) is 4.56. The first-order valence-electron chi connectivity index (χ1n) is 6.80. The molecule has 0 radical (unpaired) electrons. The molecule has 3 heteroatoms. The van der Waals surface area contributed by atoms with Crippen LogP contribution in [0.15, 0.2) is 48.8 Å². The van der Waals surface area contributed by atoms with Crippen molar-refractivity contribution in [1.82, 2.24) is 4.98 Å². The number of carbonyl (C=O) groups excluding carboxylic acids is 1. The third kappa shape index (κ3) is 1.95. The summed E-state index contributed by atoms with van der Waals surface area (Å²) in [5.41, 5.74) is 1.16. The molecule has 0 unspecified atom stereocenters. The number of hydrogen-bond donors (Lipinski definition) is 0. The minimum absolute atomic E-state index is 0.288. The van der Waals surface area contributed by atoms with Crippen LogP contribution in [0, 0.1) is 5.92 Å². The summed E-state index contributed by atoms with van der Waals surface area (Å²) in [6.07, 6.45) is 5.82. The molecular weight excluding hydrogens is 266 g/mol. The Balaban J connectivity index is 1.81. The second-order valence-electron chi connectivity index (χ2n) is 5.20. The molecule has 0 amide bonds. The molecule has 3 aromatic rings. The quantitative estimate of drug-likeness (QED) is 0.658. The summed E-state index contributed by atoms with van der Waals surface area (Å²) < 4.78 is 0. The van der Waals surface area contributed by atoms with Gasteiger partial charge in [0, 0.05) is 34.1 Å². The van der Waals surface area contributed by atoms with Gasteiger partial charge in [0.2, 0.25) is 0 Å². The van der Waals surface area contributed by atoms with Gasteiger partial charge in [-0.15, -0.1) is 11.3 Å². The molecular formula is C17H13NOS. The molecule has 0 atom stereocenters. The zero-order chi connectivity index (χ0) is 13.5. The summed E-state index contributed by atoms with van der Waals surface area (Å²) in [5.74, 6) is 0.607. The number of hydrogen-bond acceptors (Lipinski definition) is 3. The van der Waals surface area contributed by atoms with E-state index in [9.17, 15) is 4.79 Å². The van der Waals surface area contributed by atoms with Crippen LogP contribution in [0.3, 0.4) is 0 Å². The number of Topliss-reactive ketones (excluding diaryl/α,β-unsaturated/α-hetero) is 1. The highest BCUT2D eigenvalue weighted by molar-refractivity contribution is 7.17. The largest absolute Gasteiger partial charge is 0.293 e. The third-order valence-corrected chi connectivity index (χ3v) is 4.88. The fourth-order valence-corrected chi connectivity index (χ4v) is 3.55. The molecule has 0 bridgehead atoms. The van der Waals surface area contributed by atoms with Crippen LogP contribution in [0.1, 0.15) is 22.5 Å². The molecule has 1 saturated carbocycles. The molecule has 0 spiro atoms. The average molecular weight is 279 g/mol. The number of carbonyl (C=O) groups is 1. The minimum atomic E-state index is 0.288. The van der Waals surface area contributed by atoms with E-state index in [1.807, 2.05) is 24.5 Å². The van der Waals surface area contributed by atoms with Gasteiger partial charge in [-0.1, -0.05) is 18.2 Å². The van der Waals surface area contributed by atoms with Gasteiger partial charge in [-0.25, -0.2) is 0 Å². The molecule has 1 aliphatic carbocycles. The lowest BCUT2D eigenvalue weighted by Crippen LogP contribution is -1.96. The molecule has 0 saturated heterocycles. The molecule has 1 aliphatic rings. The van der Waals surface area contributed by atoms with Gasteiger partial charge >= 0.3 is 0 Å². The molecule has 1 aromatic carbocycles. The van der Waals surface area contributed by atoms with Crippen LogP contribution in [0.2, 0.25) is 0 Å². The monoisotopic (exact) mass is 279 g/mol. The lowest BCUT2D eigenvalue weighted by atomic mass is 10.1. The maximum absolute atomic E-state index is 12.1. The third-order valence-electron chi connectivity index (χ3n) is 3.75. The SMILES string of the molecule is O=C(c1ccc(-c2cccc3ccncc23)s1)C1CC1. The zero-order valence-electron chi connectivity index (χ0n) is 10.9. The van der Waals surface area contributed by atoms with Gasteiger partial charge in [-0.05, 0) is 36.4 Å². The van der Waals surface area contributed by atoms with Crippen molar-refractivity contribution in [1.29, 1.82) is 0 Å². The van der Waals surface area contributed by atoms with Gasteiger partial charge in [0.1, 0.15) is 0 Å². The van der Waals surface area contributed by atoms with Crippen LogP contribution < -0.4 is 0 Å². The van der Waals surface area contributed by atoms with Crippen molar-refractivity contribution in [3.8, 4) is 10.4 Å². The Kier molecular flexibility index (Phi) is 2.67. The maximum atomic E-state index is 12.1. The van der Waals surface area contributed by atoms with Crippen LogP contribution in [-0.4, -0.2) is 10.8 Å². The number of aromatic nitrogens is 1. The highest BCUT2D eigenvalue weighted by atomic mass is 32.1. The molecule has 2 heterocycles. The Hall–Kier alpha value is -2.00. The topological polar surface area (TPSA) is 30.0 Å². The Bertz CT molecular complexity index is 796. The van der Waals surface area contributed by atoms with E-state index in [0.717, 1.165) is 33.5 Å². The minimum Gasteiger partial charge on any atom is -0.293 e. The predicted molar refractivity (Wildman–Crippen MR) is 82.1 cm³/mol. The van der Waals surface area contributed by atoms with E-state index in [1.165, 1.54) is 5.39 Å². The zero-order valence-corrected chi connectivity index (χ0v) is 11.7. The summed E-state index contributed by atoms with van der Waals surface area (Å²) in [7, 11) is 0. The highest BCUT2D eigenvalue weighted by Gasteiger charge is 2.31. The summed E-state index contributed by atoms with van der Waals surface area (Å²) in [6, 6.07) is 12.3. The second-order valence-corrected chi connectivity index (χ2v) is 6.29. The molecule has 20 heavy (non-hydrogen) atoms. The Morgan fingerprint density at radius 1 is 1.15 bits per heavy atom. The first-order valence-corrected chi connectivity index (χ1v) is 7.62. The first-order chi connectivity index (χ1) is 9.83. The van der Waals surface area contributed by atoms with Crippen molar-refractivity contribution in [2.75, 3.05) is 0 Å². The Labute approximate surface area is 121 Å². The normalized spacial score (nSPS) is 14.6.